The van der Waals surface area contributed by atoms with Crippen molar-refractivity contribution >= 4 is 23.4 Å². The maximum absolute atomic E-state index is 12.2. The van der Waals surface area contributed by atoms with Gasteiger partial charge in [0, 0.05) is 30.6 Å². The highest BCUT2D eigenvalue weighted by atomic mass is 16.5. The molecule has 0 aliphatic rings. The minimum Gasteiger partial charge on any atom is -0.497 e. The second-order valence-electron chi connectivity index (χ2n) is 4.60. The number of amides is 1. The van der Waals surface area contributed by atoms with Crippen LogP contribution in [0.3, 0.4) is 0 Å². The predicted octanol–water partition coefficient (Wildman–Crippen LogP) is 2.95. The summed E-state index contributed by atoms with van der Waals surface area (Å²) in [4.78, 5) is 13.7. The summed E-state index contributed by atoms with van der Waals surface area (Å²) in [6.07, 6.45) is 3.30. The van der Waals surface area contributed by atoms with Crippen molar-refractivity contribution in [2.45, 2.75) is 0 Å². The number of ether oxygens (including phenoxy) is 1. The molecule has 2 aromatic carbocycles. The number of nitrogens with two attached hydrogens (primary N) is 1. The van der Waals surface area contributed by atoms with Crippen LogP contribution in [-0.4, -0.2) is 20.1 Å². The first-order chi connectivity index (χ1) is 10.1. The van der Waals surface area contributed by atoms with E-state index in [4.69, 9.17) is 10.5 Å². The van der Waals surface area contributed by atoms with Gasteiger partial charge in [-0.2, -0.15) is 0 Å². The van der Waals surface area contributed by atoms with Crippen LogP contribution in [0, 0.1) is 0 Å². The van der Waals surface area contributed by atoms with Crippen LogP contribution >= 0.6 is 0 Å². The molecule has 0 heterocycles. The molecule has 4 heteroatoms. The number of anilines is 2. The molecule has 2 N–H and O–H groups in total. The molecule has 2 rings (SSSR count). The van der Waals surface area contributed by atoms with Crippen molar-refractivity contribution in [3.8, 4) is 5.75 Å². The molecule has 1 amide bonds. The Balaban J connectivity index is 2.10. The van der Waals surface area contributed by atoms with E-state index in [-0.39, 0.29) is 5.91 Å². The molecule has 0 aromatic heterocycles. The maximum atomic E-state index is 12.2. The molecular formula is C17H18N2O2. The average molecular weight is 282 g/mol. The number of likely N-dealkylation sites (N-methyl/N-ethyl adjacent to an activating group) is 1. The number of nitrogen functional groups attached to an aromatic ring is 1. The molecular weight excluding hydrogens is 264 g/mol. The Bertz CT molecular complexity index is 648. The molecule has 4 nitrogen and oxygen atoms in total. The Kier molecular flexibility index (Phi) is 4.61. The van der Waals surface area contributed by atoms with Crippen molar-refractivity contribution in [3.05, 3.63) is 60.2 Å². The summed E-state index contributed by atoms with van der Waals surface area (Å²) >= 11 is 0. The van der Waals surface area contributed by atoms with Crippen LogP contribution < -0.4 is 15.4 Å². The minimum absolute atomic E-state index is 0.111. The van der Waals surface area contributed by atoms with E-state index in [9.17, 15) is 4.79 Å². The molecule has 0 fully saturated rings. The summed E-state index contributed by atoms with van der Waals surface area (Å²) in [5, 5.41) is 0. The third kappa shape index (κ3) is 3.86. The van der Waals surface area contributed by atoms with Crippen LogP contribution in [-0.2, 0) is 4.79 Å². The lowest BCUT2D eigenvalue weighted by Crippen LogP contribution is -2.23. The van der Waals surface area contributed by atoms with Gasteiger partial charge < -0.3 is 15.4 Å². The van der Waals surface area contributed by atoms with Gasteiger partial charge in [-0.25, -0.2) is 0 Å². The van der Waals surface area contributed by atoms with Gasteiger partial charge in [0.2, 0.25) is 0 Å². The zero-order chi connectivity index (χ0) is 15.2. The standard InChI is InChI=1S/C17H18N2O2/c1-19(15-4-3-5-16(12-15)21-2)17(20)11-8-13-6-9-14(18)10-7-13/h3-12H,18H2,1-2H3/b11-8+. The van der Waals surface area contributed by atoms with Gasteiger partial charge in [-0.05, 0) is 35.9 Å². The van der Waals surface area contributed by atoms with Gasteiger partial charge in [0.05, 0.1) is 7.11 Å². The fourth-order valence-electron chi connectivity index (χ4n) is 1.83. The summed E-state index contributed by atoms with van der Waals surface area (Å²) < 4.78 is 5.16. The fourth-order valence-corrected chi connectivity index (χ4v) is 1.83. The first-order valence-electron chi connectivity index (χ1n) is 6.55. The van der Waals surface area contributed by atoms with Gasteiger partial charge in [0.1, 0.15) is 5.75 Å². The molecule has 0 spiro atoms. The van der Waals surface area contributed by atoms with E-state index in [0.29, 0.717) is 5.69 Å². The van der Waals surface area contributed by atoms with Gasteiger partial charge in [-0.1, -0.05) is 18.2 Å². The second-order valence-corrected chi connectivity index (χ2v) is 4.60. The number of carbonyl (C=O) groups excluding carboxylic acids is 1. The van der Waals surface area contributed by atoms with E-state index < -0.39 is 0 Å². The van der Waals surface area contributed by atoms with Crippen molar-refractivity contribution in [2.24, 2.45) is 0 Å². The molecule has 21 heavy (non-hydrogen) atoms. The van der Waals surface area contributed by atoms with Crippen LogP contribution in [0.4, 0.5) is 11.4 Å². The summed E-state index contributed by atoms with van der Waals surface area (Å²) in [6, 6.07) is 14.7. The second kappa shape index (κ2) is 6.61. The predicted molar refractivity (Wildman–Crippen MR) is 86.3 cm³/mol. The highest BCUT2D eigenvalue weighted by Gasteiger charge is 2.08. The van der Waals surface area contributed by atoms with E-state index in [1.165, 1.54) is 6.08 Å². The topological polar surface area (TPSA) is 55.6 Å². The van der Waals surface area contributed by atoms with Crippen LogP contribution in [0.1, 0.15) is 5.56 Å². The smallest absolute Gasteiger partial charge is 0.250 e. The normalized spacial score (nSPS) is 10.6. The highest BCUT2D eigenvalue weighted by Crippen LogP contribution is 2.20. The molecule has 108 valence electrons. The van der Waals surface area contributed by atoms with Crippen LogP contribution in [0.25, 0.3) is 6.08 Å². The molecule has 0 aliphatic heterocycles. The Hall–Kier alpha value is -2.75. The number of methoxy groups -OCH3 is 1. The van der Waals surface area contributed by atoms with Crippen molar-refractivity contribution in [3.63, 3.8) is 0 Å². The van der Waals surface area contributed by atoms with E-state index in [1.54, 1.807) is 37.3 Å². The largest absolute Gasteiger partial charge is 0.497 e. The van der Waals surface area contributed by atoms with Gasteiger partial charge >= 0.3 is 0 Å². The summed E-state index contributed by atoms with van der Waals surface area (Å²) in [5.41, 5.74) is 8.03. The lowest BCUT2D eigenvalue weighted by atomic mass is 10.2. The fraction of sp³-hybridized carbons (Fsp3) is 0.118. The Labute approximate surface area is 124 Å². The number of carbonyl (C=O) groups is 1. The van der Waals surface area contributed by atoms with Crippen molar-refractivity contribution in [1.82, 2.24) is 0 Å². The molecule has 0 saturated heterocycles. The Morgan fingerprint density at radius 2 is 1.90 bits per heavy atom. The van der Waals surface area contributed by atoms with Crippen molar-refractivity contribution < 1.29 is 9.53 Å². The number of hydrogen-bond acceptors (Lipinski definition) is 3. The highest BCUT2D eigenvalue weighted by molar-refractivity contribution is 6.03. The number of benzene rings is 2. The number of rotatable bonds is 4. The average Bonchev–Trinajstić information content (AvgIpc) is 2.53. The monoisotopic (exact) mass is 282 g/mol. The maximum Gasteiger partial charge on any atom is 0.250 e. The molecule has 0 atom stereocenters. The number of hydrogen-bond donors (Lipinski definition) is 1. The van der Waals surface area contributed by atoms with E-state index >= 15 is 0 Å². The van der Waals surface area contributed by atoms with Crippen LogP contribution in [0.2, 0.25) is 0 Å². The van der Waals surface area contributed by atoms with Gasteiger partial charge in [0.25, 0.3) is 5.91 Å². The lowest BCUT2D eigenvalue weighted by Gasteiger charge is -2.16. The molecule has 0 aliphatic carbocycles. The van der Waals surface area contributed by atoms with Crippen molar-refractivity contribution in [1.29, 1.82) is 0 Å². The summed E-state index contributed by atoms with van der Waals surface area (Å²) in [5.74, 6) is 0.606. The quantitative estimate of drug-likeness (QED) is 0.693. The minimum atomic E-state index is -0.111. The third-order valence-electron chi connectivity index (χ3n) is 3.13. The van der Waals surface area contributed by atoms with E-state index in [0.717, 1.165) is 17.0 Å². The first kappa shape index (κ1) is 14.7. The van der Waals surface area contributed by atoms with Crippen LogP contribution in [0.5, 0.6) is 5.75 Å². The van der Waals surface area contributed by atoms with E-state index in [2.05, 4.69) is 0 Å². The summed E-state index contributed by atoms with van der Waals surface area (Å²) in [7, 11) is 3.33. The summed E-state index contributed by atoms with van der Waals surface area (Å²) in [6.45, 7) is 0. The van der Waals surface area contributed by atoms with Gasteiger partial charge in [0.15, 0.2) is 0 Å². The van der Waals surface area contributed by atoms with Gasteiger partial charge in [-0.3, -0.25) is 4.79 Å². The molecule has 2 aromatic rings. The molecule has 0 saturated carbocycles. The molecule has 0 bridgehead atoms. The van der Waals surface area contributed by atoms with E-state index in [1.807, 2.05) is 36.4 Å². The molecule has 0 radical (unpaired) electrons. The first-order valence-corrected chi connectivity index (χ1v) is 6.55. The van der Waals surface area contributed by atoms with Crippen LogP contribution in [0.15, 0.2) is 54.6 Å². The zero-order valence-corrected chi connectivity index (χ0v) is 12.1. The third-order valence-corrected chi connectivity index (χ3v) is 3.13. The lowest BCUT2D eigenvalue weighted by molar-refractivity contribution is -0.113. The zero-order valence-electron chi connectivity index (χ0n) is 12.1. The molecule has 0 unspecified atom stereocenters. The Morgan fingerprint density at radius 3 is 2.57 bits per heavy atom. The van der Waals surface area contributed by atoms with Crippen molar-refractivity contribution in [2.75, 3.05) is 24.8 Å². The van der Waals surface area contributed by atoms with Gasteiger partial charge in [-0.15, -0.1) is 0 Å². The number of nitrogens with zero attached hydrogens (tertiary/aromatic N) is 1. The SMILES string of the molecule is COc1cccc(N(C)C(=O)/C=C/c2ccc(N)cc2)c1. The Morgan fingerprint density at radius 1 is 1.19 bits per heavy atom.